The normalized spacial score (nSPS) is 12.9. The predicted octanol–water partition coefficient (Wildman–Crippen LogP) is 3.75. The number of ketones is 1. The Morgan fingerprint density at radius 1 is 0.905 bits per heavy atom. The van der Waals surface area contributed by atoms with Gasteiger partial charge in [-0.05, 0) is 48.6 Å². The maximum Gasteiger partial charge on any atom is 0.305 e. The molecule has 1 heterocycles. The molecule has 0 aliphatic rings. The average molecular weight is 592 g/mol. The number of hydrogen-bond acceptors (Lipinski definition) is 8. The van der Waals surface area contributed by atoms with Gasteiger partial charge in [-0.2, -0.15) is 0 Å². The molecular weight excluding hydrogens is 554 g/mol. The third-order valence-electron chi connectivity index (χ3n) is 6.41. The van der Waals surface area contributed by atoms with Crippen molar-refractivity contribution in [1.82, 2.24) is 15.6 Å². The molecule has 0 aliphatic carbocycles. The Labute approximate surface area is 249 Å². The van der Waals surface area contributed by atoms with E-state index in [9.17, 15) is 24.3 Å². The molecule has 0 saturated heterocycles. The molecule has 6 N–H and O–H groups in total. The third kappa shape index (κ3) is 11.0. The first-order valence-corrected chi connectivity index (χ1v) is 14.8. The SMILES string of the molecule is CC(=O)C(N)SC[C@@H](NC(=O)CCCCNc1ccccn1)C(=O)NC(CC(=O)O)c1ccc(-c2ccccc2)cc1. The second kappa shape index (κ2) is 16.9. The summed E-state index contributed by atoms with van der Waals surface area (Å²) >= 11 is 1.05. The summed E-state index contributed by atoms with van der Waals surface area (Å²) in [5.41, 5.74) is 8.44. The lowest BCUT2D eigenvalue weighted by molar-refractivity contribution is -0.138. The molecule has 0 aliphatic heterocycles. The van der Waals surface area contributed by atoms with Crippen LogP contribution in [0, 0.1) is 0 Å². The van der Waals surface area contributed by atoms with Crippen LogP contribution in [0.2, 0.25) is 0 Å². The number of carbonyl (C=O) groups excluding carboxylic acids is 3. The zero-order chi connectivity index (χ0) is 30.3. The molecule has 10 nitrogen and oxygen atoms in total. The summed E-state index contributed by atoms with van der Waals surface area (Å²) in [6.07, 6.45) is 2.83. The summed E-state index contributed by atoms with van der Waals surface area (Å²) in [5, 5.41) is 17.4. The lowest BCUT2D eigenvalue weighted by Crippen LogP contribution is -2.50. The zero-order valence-corrected chi connectivity index (χ0v) is 24.3. The number of Topliss-reactive ketones (excluding diaryl/α,β-unsaturated/α-hetero) is 1. The van der Waals surface area contributed by atoms with E-state index < -0.39 is 29.3 Å². The Morgan fingerprint density at radius 2 is 1.60 bits per heavy atom. The van der Waals surface area contributed by atoms with Crippen molar-refractivity contribution < 1.29 is 24.3 Å². The van der Waals surface area contributed by atoms with Crippen molar-refractivity contribution in [1.29, 1.82) is 0 Å². The van der Waals surface area contributed by atoms with Gasteiger partial charge in [0.1, 0.15) is 17.2 Å². The number of nitrogens with two attached hydrogens (primary N) is 1. The highest BCUT2D eigenvalue weighted by molar-refractivity contribution is 8.00. The highest BCUT2D eigenvalue weighted by atomic mass is 32.2. The van der Waals surface area contributed by atoms with Crippen LogP contribution in [0.4, 0.5) is 5.82 Å². The number of unbranched alkanes of at least 4 members (excludes halogenated alkanes) is 1. The van der Waals surface area contributed by atoms with Crippen LogP contribution in [-0.2, 0) is 19.2 Å². The molecule has 0 radical (unpaired) electrons. The minimum Gasteiger partial charge on any atom is -0.481 e. The number of anilines is 1. The number of carboxylic acids is 1. The Balaban J connectivity index is 1.63. The molecule has 3 atom stereocenters. The van der Waals surface area contributed by atoms with E-state index in [-0.39, 0.29) is 30.3 Å². The van der Waals surface area contributed by atoms with Crippen LogP contribution in [0.15, 0.2) is 79.0 Å². The number of aliphatic carboxylic acids is 1. The molecule has 0 spiro atoms. The van der Waals surface area contributed by atoms with Gasteiger partial charge in [-0.3, -0.25) is 19.2 Å². The molecule has 3 rings (SSSR count). The molecule has 0 saturated carbocycles. The van der Waals surface area contributed by atoms with Gasteiger partial charge in [0.25, 0.3) is 0 Å². The lowest BCUT2D eigenvalue weighted by Gasteiger charge is -2.24. The highest BCUT2D eigenvalue weighted by Crippen LogP contribution is 2.24. The van der Waals surface area contributed by atoms with Crippen molar-refractivity contribution in [3.63, 3.8) is 0 Å². The number of amides is 2. The van der Waals surface area contributed by atoms with Gasteiger partial charge in [-0.1, -0.05) is 60.7 Å². The Hall–Kier alpha value is -4.22. The van der Waals surface area contributed by atoms with E-state index in [0.717, 1.165) is 28.7 Å². The van der Waals surface area contributed by atoms with Gasteiger partial charge in [0.15, 0.2) is 5.78 Å². The maximum absolute atomic E-state index is 13.4. The molecule has 0 bridgehead atoms. The average Bonchev–Trinajstić information content (AvgIpc) is 2.99. The minimum absolute atomic E-state index is 0.0479. The van der Waals surface area contributed by atoms with E-state index in [2.05, 4.69) is 20.9 Å². The molecule has 0 fully saturated rings. The maximum atomic E-state index is 13.4. The summed E-state index contributed by atoms with van der Waals surface area (Å²) in [4.78, 5) is 53.6. The van der Waals surface area contributed by atoms with Crippen molar-refractivity contribution in [2.24, 2.45) is 5.73 Å². The number of thioether (sulfide) groups is 1. The van der Waals surface area contributed by atoms with E-state index in [0.29, 0.717) is 24.9 Å². The van der Waals surface area contributed by atoms with Crippen molar-refractivity contribution in [2.45, 2.75) is 50.1 Å². The molecule has 11 heteroatoms. The number of benzene rings is 2. The summed E-state index contributed by atoms with van der Waals surface area (Å²) in [6.45, 7) is 1.99. The van der Waals surface area contributed by atoms with Crippen LogP contribution in [0.1, 0.15) is 44.2 Å². The molecule has 3 aromatic rings. The van der Waals surface area contributed by atoms with Gasteiger partial charge in [0, 0.05) is 24.9 Å². The number of carbonyl (C=O) groups is 4. The fourth-order valence-electron chi connectivity index (χ4n) is 4.10. The number of rotatable bonds is 17. The topological polar surface area (TPSA) is 164 Å². The molecule has 42 heavy (non-hydrogen) atoms. The molecule has 222 valence electrons. The van der Waals surface area contributed by atoms with Gasteiger partial charge in [-0.15, -0.1) is 11.8 Å². The quantitative estimate of drug-likeness (QED) is 0.116. The van der Waals surface area contributed by atoms with Gasteiger partial charge in [0.05, 0.1) is 12.5 Å². The molecule has 1 aromatic heterocycles. The molecule has 2 amide bonds. The lowest BCUT2D eigenvalue weighted by atomic mass is 9.99. The molecule has 2 aromatic carbocycles. The second-order valence-electron chi connectivity index (χ2n) is 9.73. The predicted molar refractivity (Wildman–Crippen MR) is 165 cm³/mol. The zero-order valence-electron chi connectivity index (χ0n) is 23.5. The van der Waals surface area contributed by atoms with Crippen molar-refractivity contribution in [3.05, 3.63) is 84.6 Å². The molecule has 2 unspecified atom stereocenters. The number of hydrogen-bond donors (Lipinski definition) is 5. The van der Waals surface area contributed by atoms with Crippen LogP contribution in [0.5, 0.6) is 0 Å². The smallest absolute Gasteiger partial charge is 0.305 e. The first kappa shape index (κ1) is 32.3. The summed E-state index contributed by atoms with van der Waals surface area (Å²) in [6, 6.07) is 20.8. The first-order chi connectivity index (χ1) is 20.2. The largest absolute Gasteiger partial charge is 0.481 e. The fourth-order valence-corrected chi connectivity index (χ4v) is 4.97. The van der Waals surface area contributed by atoms with E-state index in [1.54, 1.807) is 18.3 Å². The van der Waals surface area contributed by atoms with E-state index in [1.165, 1.54) is 6.92 Å². The monoisotopic (exact) mass is 591 g/mol. The third-order valence-corrected chi connectivity index (χ3v) is 7.63. The Morgan fingerprint density at radius 3 is 2.24 bits per heavy atom. The Bertz CT molecular complexity index is 1310. The number of pyridine rings is 1. The van der Waals surface area contributed by atoms with Crippen molar-refractivity contribution >= 4 is 41.1 Å². The highest BCUT2D eigenvalue weighted by Gasteiger charge is 2.26. The van der Waals surface area contributed by atoms with Crippen LogP contribution in [0.3, 0.4) is 0 Å². The van der Waals surface area contributed by atoms with Crippen LogP contribution < -0.4 is 21.7 Å². The van der Waals surface area contributed by atoms with Crippen LogP contribution in [-0.4, -0.2) is 57.4 Å². The number of aromatic nitrogens is 1. The van der Waals surface area contributed by atoms with Gasteiger partial charge in [0.2, 0.25) is 11.8 Å². The van der Waals surface area contributed by atoms with E-state index in [4.69, 9.17) is 5.73 Å². The van der Waals surface area contributed by atoms with Gasteiger partial charge in [-0.25, -0.2) is 4.98 Å². The minimum atomic E-state index is -1.08. The van der Waals surface area contributed by atoms with Crippen LogP contribution in [0.25, 0.3) is 11.1 Å². The summed E-state index contributed by atoms with van der Waals surface area (Å²) in [7, 11) is 0. The number of carboxylic acid groups (broad SMARTS) is 1. The standard InChI is InChI=1S/C31H37N5O5S/c1-21(37)30(32)42-20-26(35-28(38)12-6-8-18-34-27-11-5-7-17-33-27)31(41)36-25(19-29(39)40)24-15-13-23(14-16-24)22-9-3-2-4-10-22/h2-5,7,9-11,13-17,25-26,30H,6,8,12,18-20,32H2,1H3,(H,33,34)(H,35,38)(H,36,41)(H,39,40)/t25?,26-,30?/m1/s1. The number of nitrogens with one attached hydrogen (secondary N) is 3. The molecular formula is C31H37N5O5S. The van der Waals surface area contributed by atoms with Crippen LogP contribution >= 0.6 is 11.8 Å². The van der Waals surface area contributed by atoms with Gasteiger partial charge < -0.3 is 26.8 Å². The van der Waals surface area contributed by atoms with Crippen molar-refractivity contribution in [3.8, 4) is 11.1 Å². The van der Waals surface area contributed by atoms with E-state index >= 15 is 0 Å². The summed E-state index contributed by atoms with van der Waals surface area (Å²) < 4.78 is 0. The number of nitrogens with zero attached hydrogens (tertiary/aromatic N) is 1. The summed E-state index contributed by atoms with van der Waals surface area (Å²) in [5.74, 6) is -1.42. The Kier molecular flexibility index (Phi) is 13.0. The van der Waals surface area contributed by atoms with Crippen molar-refractivity contribution in [2.75, 3.05) is 17.6 Å². The first-order valence-electron chi connectivity index (χ1n) is 13.7. The fraction of sp³-hybridized carbons (Fsp3) is 0.323. The second-order valence-corrected chi connectivity index (χ2v) is 10.9. The van der Waals surface area contributed by atoms with Gasteiger partial charge >= 0.3 is 5.97 Å². The van der Waals surface area contributed by atoms with E-state index in [1.807, 2.05) is 60.7 Å².